The van der Waals surface area contributed by atoms with Gasteiger partial charge < -0.3 is 9.32 Å². The number of oxazole rings is 1. The molecular formula is C19H19FN4O2S. The number of aryl methyl sites for hydroxylation is 1. The molecule has 0 amide bonds. The van der Waals surface area contributed by atoms with E-state index in [2.05, 4.69) is 15.0 Å². The van der Waals surface area contributed by atoms with Crippen LogP contribution in [0.25, 0.3) is 11.1 Å². The highest BCUT2D eigenvalue weighted by molar-refractivity contribution is 7.98. The third kappa shape index (κ3) is 3.12. The molecule has 27 heavy (non-hydrogen) atoms. The van der Waals surface area contributed by atoms with Gasteiger partial charge in [-0.05, 0) is 36.3 Å². The van der Waals surface area contributed by atoms with Gasteiger partial charge in [0.15, 0.2) is 5.58 Å². The lowest BCUT2D eigenvalue weighted by Gasteiger charge is -2.24. The Hall–Kier alpha value is -2.35. The monoisotopic (exact) mass is 386 g/mol. The second-order valence-corrected chi connectivity index (χ2v) is 8.14. The predicted molar refractivity (Wildman–Crippen MR) is 103 cm³/mol. The summed E-state index contributed by atoms with van der Waals surface area (Å²) in [6.45, 7) is 1.31. The summed E-state index contributed by atoms with van der Waals surface area (Å²) < 4.78 is 20.8. The summed E-state index contributed by atoms with van der Waals surface area (Å²) >= 11 is 1.84. The van der Waals surface area contributed by atoms with E-state index in [0.29, 0.717) is 23.7 Å². The molecule has 1 saturated heterocycles. The van der Waals surface area contributed by atoms with Gasteiger partial charge >= 0.3 is 0 Å². The van der Waals surface area contributed by atoms with Crippen LogP contribution in [0.3, 0.4) is 0 Å². The van der Waals surface area contributed by atoms with Crippen LogP contribution in [-0.2, 0) is 18.7 Å². The lowest BCUT2D eigenvalue weighted by atomic mass is 10.2. The van der Waals surface area contributed by atoms with Gasteiger partial charge in [-0.1, -0.05) is 0 Å². The highest BCUT2D eigenvalue weighted by atomic mass is 32.2. The highest BCUT2D eigenvalue weighted by Gasteiger charge is 2.29. The molecule has 1 aromatic carbocycles. The van der Waals surface area contributed by atoms with E-state index in [1.54, 1.807) is 16.8 Å². The summed E-state index contributed by atoms with van der Waals surface area (Å²) in [5.41, 5.74) is 3.13. The molecule has 8 heteroatoms. The van der Waals surface area contributed by atoms with Gasteiger partial charge in [0, 0.05) is 30.9 Å². The van der Waals surface area contributed by atoms with Crippen molar-refractivity contribution in [2.45, 2.75) is 37.6 Å². The number of halogens is 1. The topological polar surface area (TPSA) is 64.2 Å². The molecule has 2 aliphatic rings. The zero-order valence-electron chi connectivity index (χ0n) is 14.7. The molecule has 3 aromatic rings. The largest absolute Gasteiger partial charge is 0.423 e. The van der Waals surface area contributed by atoms with Crippen LogP contribution >= 0.6 is 11.8 Å². The maximum atomic E-state index is 13.4. The normalized spacial score (nSPS) is 19.6. The third-order valence-corrected chi connectivity index (χ3v) is 6.26. The van der Waals surface area contributed by atoms with Crippen LogP contribution in [-0.4, -0.2) is 33.1 Å². The van der Waals surface area contributed by atoms with Gasteiger partial charge in [-0.2, -0.15) is 21.8 Å². The predicted octanol–water partition coefficient (Wildman–Crippen LogP) is 2.98. The fourth-order valence-electron chi connectivity index (χ4n) is 3.87. The molecule has 2 aromatic heterocycles. The van der Waals surface area contributed by atoms with E-state index >= 15 is 0 Å². The third-order valence-electron chi connectivity index (χ3n) is 5.25. The van der Waals surface area contributed by atoms with Crippen molar-refractivity contribution < 1.29 is 8.81 Å². The number of anilines is 1. The van der Waals surface area contributed by atoms with Crippen LogP contribution in [0.2, 0.25) is 0 Å². The molecule has 140 valence electrons. The van der Waals surface area contributed by atoms with Gasteiger partial charge in [0.05, 0.1) is 18.3 Å². The first-order valence-corrected chi connectivity index (χ1v) is 10.3. The molecule has 1 unspecified atom stereocenters. The second-order valence-electron chi connectivity index (χ2n) is 7.04. The molecule has 6 nitrogen and oxygen atoms in total. The Morgan fingerprint density at radius 2 is 2.26 bits per heavy atom. The number of rotatable bonds is 3. The Kier molecular flexibility index (Phi) is 4.15. The molecule has 4 heterocycles. The molecule has 0 bridgehead atoms. The average Bonchev–Trinajstić information content (AvgIpc) is 3.28. The maximum Gasteiger partial charge on any atom is 0.298 e. The Labute approximate surface area is 159 Å². The number of aromatic nitrogens is 3. The second kappa shape index (κ2) is 6.67. The zero-order valence-corrected chi connectivity index (χ0v) is 15.5. The lowest BCUT2D eigenvalue weighted by Crippen LogP contribution is -2.38. The Balaban J connectivity index is 1.43. The Bertz CT molecular complexity index is 1060. The SMILES string of the molecule is O=c1cc2c(nn1CC1CCCN1c1nc3ccc(F)cc3o1)CCSC2. The van der Waals surface area contributed by atoms with Gasteiger partial charge in [-0.3, -0.25) is 4.79 Å². The van der Waals surface area contributed by atoms with E-state index in [1.165, 1.54) is 12.1 Å². The summed E-state index contributed by atoms with van der Waals surface area (Å²) in [7, 11) is 0. The van der Waals surface area contributed by atoms with E-state index in [9.17, 15) is 9.18 Å². The van der Waals surface area contributed by atoms with E-state index < -0.39 is 0 Å². The minimum atomic E-state index is -0.342. The van der Waals surface area contributed by atoms with Crippen molar-refractivity contribution in [2.75, 3.05) is 17.2 Å². The number of nitrogens with zero attached hydrogens (tertiary/aromatic N) is 4. The molecule has 1 atom stereocenters. The summed E-state index contributed by atoms with van der Waals surface area (Å²) in [5.74, 6) is 1.58. The van der Waals surface area contributed by atoms with E-state index in [-0.39, 0.29) is 17.4 Å². The Morgan fingerprint density at radius 1 is 1.33 bits per heavy atom. The zero-order chi connectivity index (χ0) is 18.4. The number of fused-ring (bicyclic) bond motifs is 2. The standard InChI is InChI=1S/C19H19FN4O2S/c20-13-3-4-16-17(9-13)26-19(21-16)23-6-1-2-14(23)10-24-18(25)8-12-11-27-7-5-15(12)22-24/h3-4,8-9,14H,1-2,5-7,10-11H2. The number of benzene rings is 1. The fourth-order valence-corrected chi connectivity index (χ4v) is 4.82. The fraction of sp³-hybridized carbons (Fsp3) is 0.421. The number of thioether (sulfide) groups is 1. The van der Waals surface area contributed by atoms with Crippen LogP contribution < -0.4 is 10.5 Å². The van der Waals surface area contributed by atoms with E-state index in [4.69, 9.17) is 4.42 Å². The minimum absolute atomic E-state index is 0.0530. The first-order chi connectivity index (χ1) is 13.2. The van der Waals surface area contributed by atoms with Crippen molar-refractivity contribution in [2.24, 2.45) is 0 Å². The first-order valence-electron chi connectivity index (χ1n) is 9.18. The molecule has 0 aliphatic carbocycles. The highest BCUT2D eigenvalue weighted by Crippen LogP contribution is 2.29. The van der Waals surface area contributed by atoms with Gasteiger partial charge in [0.25, 0.3) is 11.6 Å². The quantitative estimate of drug-likeness (QED) is 0.690. The number of hydrogen-bond acceptors (Lipinski definition) is 6. The van der Waals surface area contributed by atoms with Crippen LogP contribution in [0.4, 0.5) is 10.4 Å². The van der Waals surface area contributed by atoms with Crippen molar-refractivity contribution in [3.05, 3.63) is 51.7 Å². The van der Waals surface area contributed by atoms with E-state index in [0.717, 1.165) is 48.6 Å². The van der Waals surface area contributed by atoms with Crippen molar-refractivity contribution in [3.8, 4) is 0 Å². The summed E-state index contributed by atoms with van der Waals surface area (Å²) in [4.78, 5) is 19.1. The van der Waals surface area contributed by atoms with Gasteiger partial charge in [-0.15, -0.1) is 0 Å². The summed E-state index contributed by atoms with van der Waals surface area (Å²) in [5, 5.41) is 4.62. The van der Waals surface area contributed by atoms with E-state index in [1.807, 2.05) is 11.8 Å². The van der Waals surface area contributed by atoms with Gasteiger partial charge in [0.2, 0.25) is 0 Å². The average molecular weight is 386 g/mol. The molecule has 0 N–H and O–H groups in total. The van der Waals surface area contributed by atoms with Crippen LogP contribution in [0.1, 0.15) is 24.1 Å². The molecule has 0 saturated carbocycles. The smallest absolute Gasteiger partial charge is 0.298 e. The lowest BCUT2D eigenvalue weighted by molar-refractivity contribution is 0.460. The van der Waals surface area contributed by atoms with Gasteiger partial charge in [0.1, 0.15) is 11.3 Å². The summed E-state index contributed by atoms with van der Waals surface area (Å²) in [6, 6.07) is 6.66. The molecule has 0 radical (unpaired) electrons. The minimum Gasteiger partial charge on any atom is -0.423 e. The first kappa shape index (κ1) is 16.8. The molecule has 5 rings (SSSR count). The molecule has 2 aliphatic heterocycles. The van der Waals surface area contributed by atoms with Crippen molar-refractivity contribution in [3.63, 3.8) is 0 Å². The van der Waals surface area contributed by atoms with Crippen LogP contribution in [0.15, 0.2) is 33.5 Å². The van der Waals surface area contributed by atoms with Crippen molar-refractivity contribution in [1.82, 2.24) is 14.8 Å². The number of hydrogen-bond donors (Lipinski definition) is 0. The van der Waals surface area contributed by atoms with Crippen molar-refractivity contribution >= 4 is 28.9 Å². The van der Waals surface area contributed by atoms with Crippen molar-refractivity contribution in [1.29, 1.82) is 0 Å². The molecule has 1 fully saturated rings. The van der Waals surface area contributed by atoms with Crippen LogP contribution in [0, 0.1) is 5.82 Å². The maximum absolute atomic E-state index is 13.4. The van der Waals surface area contributed by atoms with Crippen LogP contribution in [0.5, 0.6) is 0 Å². The summed E-state index contributed by atoms with van der Waals surface area (Å²) in [6.07, 6.45) is 2.84. The molecular weight excluding hydrogens is 367 g/mol. The molecule has 0 spiro atoms. The Morgan fingerprint density at radius 3 is 3.19 bits per heavy atom. The van der Waals surface area contributed by atoms with Gasteiger partial charge in [-0.25, -0.2) is 9.07 Å².